The van der Waals surface area contributed by atoms with Crippen LogP contribution in [0.4, 0.5) is 0 Å². The standard InChI is InChI=1S/C12H16O6.C4H6N2/c1-8-9(10(13)14)4-3-5-12(8,11(15)16)18-7-6-17-2;1-4-2-3-5-6-4/h3-5,8H,6-7H2,1-2H3,(H,13,14)(H,15,16);2-3H,1H3,(H,5,6). The van der Waals surface area contributed by atoms with Crippen molar-refractivity contribution in [2.24, 2.45) is 5.92 Å². The van der Waals surface area contributed by atoms with Gasteiger partial charge in [-0.15, -0.1) is 0 Å². The van der Waals surface area contributed by atoms with Crippen molar-refractivity contribution in [1.29, 1.82) is 0 Å². The zero-order valence-corrected chi connectivity index (χ0v) is 13.9. The summed E-state index contributed by atoms with van der Waals surface area (Å²) in [4.78, 5) is 22.4. The number of hydrogen-bond acceptors (Lipinski definition) is 5. The van der Waals surface area contributed by atoms with Gasteiger partial charge in [0.2, 0.25) is 0 Å². The fourth-order valence-electron chi connectivity index (χ4n) is 2.19. The summed E-state index contributed by atoms with van der Waals surface area (Å²) in [6.45, 7) is 3.77. The molecule has 8 heteroatoms. The normalized spacial score (nSPS) is 22.3. The van der Waals surface area contributed by atoms with E-state index in [4.69, 9.17) is 14.6 Å². The number of carbonyl (C=O) groups is 2. The maximum atomic E-state index is 11.4. The molecule has 1 aromatic rings. The number of aliphatic carboxylic acids is 2. The highest BCUT2D eigenvalue weighted by molar-refractivity contribution is 5.92. The van der Waals surface area contributed by atoms with Crippen molar-refractivity contribution in [2.75, 3.05) is 20.3 Å². The van der Waals surface area contributed by atoms with E-state index in [0.29, 0.717) is 0 Å². The van der Waals surface area contributed by atoms with Gasteiger partial charge in [0.05, 0.1) is 18.9 Å². The molecule has 132 valence electrons. The second-order valence-electron chi connectivity index (χ2n) is 5.16. The summed E-state index contributed by atoms with van der Waals surface area (Å²) in [6.07, 6.45) is 5.94. The van der Waals surface area contributed by atoms with E-state index in [2.05, 4.69) is 10.2 Å². The van der Waals surface area contributed by atoms with E-state index in [9.17, 15) is 14.7 Å². The lowest BCUT2D eigenvalue weighted by Gasteiger charge is -2.34. The molecule has 0 fully saturated rings. The first-order chi connectivity index (χ1) is 11.3. The van der Waals surface area contributed by atoms with Crippen LogP contribution in [0, 0.1) is 12.8 Å². The van der Waals surface area contributed by atoms with Gasteiger partial charge >= 0.3 is 11.9 Å². The highest BCUT2D eigenvalue weighted by Gasteiger charge is 2.47. The lowest BCUT2D eigenvalue weighted by atomic mass is 9.79. The summed E-state index contributed by atoms with van der Waals surface area (Å²) in [5.41, 5.74) is -0.603. The van der Waals surface area contributed by atoms with Crippen LogP contribution >= 0.6 is 0 Å². The van der Waals surface area contributed by atoms with Crippen LogP contribution in [0.5, 0.6) is 0 Å². The number of ether oxygens (including phenoxy) is 2. The molecule has 3 N–H and O–H groups in total. The molecule has 0 saturated carbocycles. The van der Waals surface area contributed by atoms with E-state index in [1.165, 1.54) is 32.3 Å². The number of methoxy groups -OCH3 is 1. The lowest BCUT2D eigenvalue weighted by molar-refractivity contribution is -0.166. The van der Waals surface area contributed by atoms with Crippen LogP contribution in [0.1, 0.15) is 12.6 Å². The third kappa shape index (κ3) is 4.77. The molecule has 0 aromatic carbocycles. The highest BCUT2D eigenvalue weighted by atomic mass is 16.5. The van der Waals surface area contributed by atoms with E-state index in [-0.39, 0.29) is 18.8 Å². The molecule has 1 aliphatic carbocycles. The van der Waals surface area contributed by atoms with Gasteiger partial charge in [-0.05, 0) is 19.1 Å². The van der Waals surface area contributed by atoms with Gasteiger partial charge in [0.1, 0.15) is 0 Å². The highest BCUT2D eigenvalue weighted by Crippen LogP contribution is 2.33. The number of carboxylic acid groups (broad SMARTS) is 2. The number of carboxylic acids is 2. The zero-order chi connectivity index (χ0) is 18.2. The van der Waals surface area contributed by atoms with Crippen molar-refractivity contribution in [1.82, 2.24) is 10.2 Å². The molecular formula is C16H22N2O6. The monoisotopic (exact) mass is 338 g/mol. The predicted molar refractivity (Wildman–Crippen MR) is 85.5 cm³/mol. The molecule has 0 radical (unpaired) electrons. The average molecular weight is 338 g/mol. The Balaban J connectivity index is 0.000000400. The molecule has 2 atom stereocenters. The van der Waals surface area contributed by atoms with Crippen molar-refractivity contribution in [3.63, 3.8) is 0 Å². The summed E-state index contributed by atoms with van der Waals surface area (Å²) < 4.78 is 10.1. The van der Waals surface area contributed by atoms with Gasteiger partial charge in [-0.25, -0.2) is 9.59 Å². The number of H-pyrrole nitrogens is 1. The van der Waals surface area contributed by atoms with Crippen molar-refractivity contribution >= 4 is 11.9 Å². The fraction of sp³-hybridized carbons (Fsp3) is 0.438. The Hall–Kier alpha value is -2.45. The van der Waals surface area contributed by atoms with Crippen LogP contribution < -0.4 is 0 Å². The number of rotatable bonds is 6. The molecule has 0 saturated heterocycles. The largest absolute Gasteiger partial charge is 0.479 e. The third-order valence-electron chi connectivity index (χ3n) is 3.58. The second kappa shape index (κ2) is 8.99. The van der Waals surface area contributed by atoms with Crippen molar-refractivity contribution < 1.29 is 29.3 Å². The van der Waals surface area contributed by atoms with Crippen LogP contribution in [-0.4, -0.2) is 58.3 Å². The Labute approximate surface area is 139 Å². The van der Waals surface area contributed by atoms with E-state index in [1.54, 1.807) is 6.20 Å². The summed E-state index contributed by atoms with van der Waals surface area (Å²) in [5.74, 6) is -3.14. The van der Waals surface area contributed by atoms with Crippen LogP contribution in [-0.2, 0) is 19.1 Å². The summed E-state index contributed by atoms with van der Waals surface area (Å²) in [5, 5.41) is 24.8. The van der Waals surface area contributed by atoms with E-state index in [1.807, 2.05) is 13.0 Å². The molecule has 0 bridgehead atoms. The molecule has 0 spiro atoms. The first kappa shape index (κ1) is 19.6. The van der Waals surface area contributed by atoms with Crippen LogP contribution in [0.2, 0.25) is 0 Å². The minimum Gasteiger partial charge on any atom is -0.479 e. The maximum absolute atomic E-state index is 11.4. The van der Waals surface area contributed by atoms with Gasteiger partial charge in [-0.1, -0.05) is 19.1 Å². The van der Waals surface area contributed by atoms with Crippen LogP contribution in [0.3, 0.4) is 0 Å². The van der Waals surface area contributed by atoms with Gasteiger partial charge in [0.15, 0.2) is 5.60 Å². The van der Waals surface area contributed by atoms with E-state index in [0.717, 1.165) is 5.69 Å². The number of aryl methyl sites for hydroxylation is 1. The van der Waals surface area contributed by atoms with Crippen LogP contribution in [0.15, 0.2) is 36.1 Å². The van der Waals surface area contributed by atoms with Crippen LogP contribution in [0.25, 0.3) is 0 Å². The van der Waals surface area contributed by atoms with Gasteiger partial charge in [-0.2, -0.15) is 5.10 Å². The Morgan fingerprint density at radius 1 is 1.38 bits per heavy atom. The van der Waals surface area contributed by atoms with E-state index < -0.39 is 23.5 Å². The number of aromatic amines is 1. The van der Waals surface area contributed by atoms with Crippen molar-refractivity contribution in [2.45, 2.75) is 19.4 Å². The minimum absolute atomic E-state index is 0.0114. The number of hydrogen-bond donors (Lipinski definition) is 3. The lowest BCUT2D eigenvalue weighted by Crippen LogP contribution is -2.49. The molecule has 2 unspecified atom stereocenters. The molecule has 1 aliphatic rings. The summed E-state index contributed by atoms with van der Waals surface area (Å²) in [7, 11) is 1.47. The number of nitrogens with one attached hydrogen (secondary N) is 1. The Morgan fingerprint density at radius 3 is 2.50 bits per heavy atom. The van der Waals surface area contributed by atoms with Crippen molar-refractivity contribution in [3.05, 3.63) is 41.8 Å². The molecule has 2 rings (SSSR count). The predicted octanol–water partition coefficient (Wildman–Crippen LogP) is 1.41. The number of allylic oxidation sites excluding steroid dienone is 2. The molecule has 24 heavy (non-hydrogen) atoms. The van der Waals surface area contributed by atoms with E-state index >= 15 is 0 Å². The summed E-state index contributed by atoms with van der Waals surface area (Å²) in [6, 6.07) is 1.92. The second-order valence-corrected chi connectivity index (χ2v) is 5.16. The molecule has 0 amide bonds. The smallest absolute Gasteiger partial charge is 0.340 e. The minimum atomic E-state index is -1.65. The first-order valence-electron chi connectivity index (χ1n) is 7.30. The first-order valence-corrected chi connectivity index (χ1v) is 7.30. The van der Waals surface area contributed by atoms with Gasteiger partial charge in [0, 0.05) is 24.8 Å². The molecule has 8 nitrogen and oxygen atoms in total. The molecule has 1 aromatic heterocycles. The number of aromatic nitrogens is 2. The Morgan fingerprint density at radius 2 is 2.08 bits per heavy atom. The topological polar surface area (TPSA) is 122 Å². The molecular weight excluding hydrogens is 316 g/mol. The quantitative estimate of drug-likeness (QED) is 0.670. The summed E-state index contributed by atoms with van der Waals surface area (Å²) >= 11 is 0. The zero-order valence-electron chi connectivity index (χ0n) is 13.9. The Kier molecular flexibility index (Phi) is 7.34. The Bertz CT molecular complexity index is 608. The van der Waals surface area contributed by atoms with Gasteiger partial charge in [-0.3, -0.25) is 5.10 Å². The average Bonchev–Trinajstić information content (AvgIpc) is 3.00. The van der Waals surface area contributed by atoms with Gasteiger partial charge < -0.3 is 19.7 Å². The maximum Gasteiger partial charge on any atom is 0.340 e. The third-order valence-corrected chi connectivity index (χ3v) is 3.58. The number of nitrogens with zero attached hydrogens (tertiary/aromatic N) is 1. The molecule has 0 aliphatic heterocycles. The van der Waals surface area contributed by atoms with Crippen molar-refractivity contribution in [3.8, 4) is 0 Å². The fourth-order valence-corrected chi connectivity index (χ4v) is 2.19. The molecule has 1 heterocycles. The SMILES string of the molecule is COCCOC1(C(=O)O)C=CC=C(C(=O)O)C1C.Cc1cc[nH]n1. The van der Waals surface area contributed by atoms with Gasteiger partial charge in [0.25, 0.3) is 0 Å².